The first-order valence-electron chi connectivity index (χ1n) is 10.6. The fourth-order valence-electron chi connectivity index (χ4n) is 4.36. The van der Waals surface area contributed by atoms with Gasteiger partial charge in [0.05, 0.1) is 18.8 Å². The molecule has 0 bridgehead atoms. The van der Waals surface area contributed by atoms with E-state index < -0.39 is 98.3 Å². The van der Waals surface area contributed by atoms with Gasteiger partial charge >= 0.3 is 0 Å². The molecule has 0 amide bonds. The molecule has 1 saturated carbocycles. The number of nitrogens with two attached hydrogens (primary N) is 4. The van der Waals surface area contributed by atoms with Crippen LogP contribution >= 0.6 is 0 Å². The molecule has 14 heteroatoms. The lowest BCUT2D eigenvalue weighted by Crippen LogP contribution is -2.68. The summed E-state index contributed by atoms with van der Waals surface area (Å²) in [6, 6.07) is -3.39. The fourth-order valence-corrected chi connectivity index (χ4v) is 4.36. The maximum Gasteiger partial charge on any atom is 0.187 e. The van der Waals surface area contributed by atoms with Crippen molar-refractivity contribution in [2.75, 3.05) is 6.61 Å². The van der Waals surface area contributed by atoms with Crippen molar-refractivity contribution in [1.82, 2.24) is 0 Å². The molecule has 2 aliphatic heterocycles. The number of aliphatic hydroxyl groups is 6. The van der Waals surface area contributed by atoms with E-state index in [0.29, 0.717) is 0 Å². The van der Waals surface area contributed by atoms with Gasteiger partial charge in [-0.15, -0.1) is 0 Å². The third kappa shape index (κ3) is 4.94. The van der Waals surface area contributed by atoms with Gasteiger partial charge in [-0.2, -0.15) is 0 Å². The lowest BCUT2D eigenvalue weighted by atomic mass is 9.84. The first-order chi connectivity index (χ1) is 15.0. The van der Waals surface area contributed by atoms with Crippen LogP contribution in [0.1, 0.15) is 13.3 Å². The van der Waals surface area contributed by atoms with E-state index in [1.54, 1.807) is 6.92 Å². The zero-order valence-electron chi connectivity index (χ0n) is 17.7. The Morgan fingerprint density at radius 3 is 2.00 bits per heavy atom. The number of hydrogen-bond donors (Lipinski definition) is 10. The number of rotatable bonds is 6. The minimum Gasteiger partial charge on any atom is -0.394 e. The monoisotopic (exact) mass is 468 g/mol. The van der Waals surface area contributed by atoms with Gasteiger partial charge in [0, 0.05) is 18.1 Å². The molecule has 0 radical (unpaired) electrons. The smallest absolute Gasteiger partial charge is 0.187 e. The second-order valence-corrected chi connectivity index (χ2v) is 8.85. The van der Waals surface area contributed by atoms with Crippen molar-refractivity contribution in [3.8, 4) is 0 Å². The summed E-state index contributed by atoms with van der Waals surface area (Å²) >= 11 is 0. The van der Waals surface area contributed by atoms with Crippen LogP contribution in [0, 0.1) is 0 Å². The molecule has 3 rings (SSSR count). The predicted octanol–water partition coefficient (Wildman–Crippen LogP) is -6.26. The van der Waals surface area contributed by atoms with E-state index in [9.17, 15) is 30.6 Å². The van der Waals surface area contributed by atoms with Gasteiger partial charge in [-0.25, -0.2) is 0 Å². The van der Waals surface area contributed by atoms with Crippen molar-refractivity contribution in [2.45, 2.75) is 105 Å². The summed E-state index contributed by atoms with van der Waals surface area (Å²) in [6.07, 6.45) is -13.9. The molecule has 2 heterocycles. The van der Waals surface area contributed by atoms with Crippen molar-refractivity contribution in [1.29, 1.82) is 0 Å². The lowest BCUT2D eigenvalue weighted by Gasteiger charge is -2.47. The van der Waals surface area contributed by atoms with Gasteiger partial charge in [-0.05, 0) is 13.3 Å². The Morgan fingerprint density at radius 2 is 1.44 bits per heavy atom. The van der Waals surface area contributed by atoms with E-state index in [1.165, 1.54) is 0 Å². The number of aliphatic hydroxyl groups excluding tert-OH is 6. The van der Waals surface area contributed by atoms with E-state index in [0.717, 1.165) is 0 Å². The molecule has 7 unspecified atom stereocenters. The predicted molar refractivity (Wildman–Crippen MR) is 106 cm³/mol. The average Bonchev–Trinajstić information content (AvgIpc) is 3.03. The van der Waals surface area contributed by atoms with Gasteiger partial charge in [-0.3, -0.25) is 0 Å². The Bertz CT molecular complexity index is 618. The Kier molecular flexibility index (Phi) is 8.44. The van der Waals surface area contributed by atoms with Crippen LogP contribution in [0.15, 0.2) is 0 Å². The van der Waals surface area contributed by atoms with Crippen LogP contribution in [0.25, 0.3) is 0 Å². The molecule has 188 valence electrons. The van der Waals surface area contributed by atoms with Crippen molar-refractivity contribution in [2.24, 2.45) is 22.9 Å². The van der Waals surface area contributed by atoms with Gasteiger partial charge in [0.25, 0.3) is 0 Å². The van der Waals surface area contributed by atoms with Gasteiger partial charge < -0.3 is 72.5 Å². The summed E-state index contributed by atoms with van der Waals surface area (Å²) in [7, 11) is 0. The highest BCUT2D eigenvalue weighted by atomic mass is 16.7. The van der Waals surface area contributed by atoms with Gasteiger partial charge in [0.15, 0.2) is 12.6 Å². The minimum absolute atomic E-state index is 0.140. The van der Waals surface area contributed by atoms with Crippen molar-refractivity contribution < 1.29 is 49.6 Å². The fraction of sp³-hybridized carbons (Fsp3) is 1.00. The average molecular weight is 469 g/mol. The molecule has 15 atom stereocenters. The lowest BCUT2D eigenvalue weighted by molar-refractivity contribution is -0.310. The quantitative estimate of drug-likeness (QED) is 0.174. The number of hydrogen-bond acceptors (Lipinski definition) is 14. The van der Waals surface area contributed by atoms with Crippen LogP contribution in [0.5, 0.6) is 0 Å². The number of ether oxygens (including phenoxy) is 4. The van der Waals surface area contributed by atoms with Crippen LogP contribution in [0.4, 0.5) is 0 Å². The van der Waals surface area contributed by atoms with Crippen LogP contribution in [0.2, 0.25) is 0 Å². The summed E-state index contributed by atoms with van der Waals surface area (Å²) in [5, 5.41) is 60.8. The molecule has 1 aliphatic carbocycles. The first kappa shape index (κ1) is 26.1. The Morgan fingerprint density at radius 1 is 0.812 bits per heavy atom. The van der Waals surface area contributed by atoms with Crippen molar-refractivity contribution in [3.63, 3.8) is 0 Å². The molecule has 14 nitrogen and oxygen atoms in total. The maximum atomic E-state index is 10.7. The highest BCUT2D eigenvalue weighted by molar-refractivity contribution is 5.01. The molecule has 0 aromatic heterocycles. The van der Waals surface area contributed by atoms with E-state index in [1.807, 2.05) is 0 Å². The Hall–Kier alpha value is -0.560. The Balaban J connectivity index is 1.78. The molecule has 32 heavy (non-hydrogen) atoms. The molecule has 14 N–H and O–H groups in total. The molecule has 0 aromatic carbocycles. The van der Waals surface area contributed by atoms with Crippen LogP contribution in [-0.2, 0) is 18.9 Å². The third-order valence-electron chi connectivity index (χ3n) is 6.35. The summed E-state index contributed by atoms with van der Waals surface area (Å²) in [4.78, 5) is 0. The molecular formula is C18H36N4O10. The molecule has 3 aliphatic rings. The van der Waals surface area contributed by atoms with Crippen LogP contribution in [-0.4, -0.2) is 129 Å². The normalized spacial score (nSPS) is 53.3. The molecule has 0 aromatic rings. The van der Waals surface area contributed by atoms with Crippen LogP contribution in [0.3, 0.4) is 0 Å². The summed E-state index contributed by atoms with van der Waals surface area (Å²) in [5.74, 6) is 0. The Labute approximate surface area is 185 Å². The van der Waals surface area contributed by atoms with Crippen molar-refractivity contribution >= 4 is 0 Å². The van der Waals surface area contributed by atoms with E-state index in [2.05, 4.69) is 0 Å². The third-order valence-corrected chi connectivity index (χ3v) is 6.35. The minimum atomic E-state index is -1.46. The summed E-state index contributed by atoms with van der Waals surface area (Å²) < 4.78 is 22.7. The molecular weight excluding hydrogens is 432 g/mol. The van der Waals surface area contributed by atoms with E-state index in [4.69, 9.17) is 41.9 Å². The van der Waals surface area contributed by atoms with E-state index in [-0.39, 0.29) is 6.42 Å². The van der Waals surface area contributed by atoms with Gasteiger partial charge in [0.2, 0.25) is 0 Å². The second-order valence-electron chi connectivity index (χ2n) is 8.85. The summed E-state index contributed by atoms with van der Waals surface area (Å²) in [5.41, 5.74) is 23.9. The maximum absolute atomic E-state index is 10.7. The molecule has 2 saturated heterocycles. The second kappa shape index (κ2) is 10.4. The zero-order valence-corrected chi connectivity index (χ0v) is 17.7. The van der Waals surface area contributed by atoms with Gasteiger partial charge in [-0.1, -0.05) is 0 Å². The molecule has 3 fully saturated rings. The highest BCUT2D eigenvalue weighted by Crippen LogP contribution is 2.32. The van der Waals surface area contributed by atoms with Crippen LogP contribution < -0.4 is 22.9 Å². The molecule has 0 spiro atoms. The SMILES string of the molecule is C[C@H](N)[C@H]1O[C@@H](OC2C(O)[C@H](N)CC(N)[C@H]2O[C@H]2OC(CO)[C@@H](O)C(O)C2N)[C@@H](O)C1O. The standard InChI is InChI=1S/C18H36N4O10/c1-4(19)14-12(27)13(28)18(30-14)32-16-9(24)5(20)2-6(21)15(16)31-17-8(22)11(26)10(25)7(3-23)29-17/h4-18,23-28H,2-3,19-22H2,1H3/t4-,5+,6?,7?,8?,9?,10+,11?,12?,13-,14+,15+,16?,17+,18-/m0/s1. The summed E-state index contributed by atoms with van der Waals surface area (Å²) in [6.45, 7) is 0.989. The van der Waals surface area contributed by atoms with Gasteiger partial charge in [0.1, 0.15) is 48.8 Å². The first-order valence-corrected chi connectivity index (χ1v) is 10.6. The topological polar surface area (TPSA) is 262 Å². The van der Waals surface area contributed by atoms with E-state index >= 15 is 0 Å². The highest BCUT2D eigenvalue weighted by Gasteiger charge is 2.52. The van der Waals surface area contributed by atoms with Crippen molar-refractivity contribution in [3.05, 3.63) is 0 Å². The largest absolute Gasteiger partial charge is 0.394 e. The zero-order chi connectivity index (χ0) is 23.9.